The van der Waals surface area contributed by atoms with Gasteiger partial charge in [0.15, 0.2) is 0 Å². The zero-order chi connectivity index (χ0) is 18.6. The summed E-state index contributed by atoms with van der Waals surface area (Å²) in [5, 5.41) is 7.21. The number of pyridine rings is 1. The van der Waals surface area contributed by atoms with Crippen molar-refractivity contribution in [2.45, 2.75) is 64.3 Å². The number of rotatable bonds is 3. The largest absolute Gasteiger partial charge is 0.357 e. The van der Waals surface area contributed by atoms with Gasteiger partial charge in [0, 0.05) is 30.2 Å². The van der Waals surface area contributed by atoms with Gasteiger partial charge >= 0.3 is 6.03 Å². The maximum Gasteiger partial charge on any atom is 0.319 e. The minimum atomic E-state index is -0.100. The monoisotopic (exact) mass is 366 g/mol. The molecule has 1 aromatic heterocycles. The van der Waals surface area contributed by atoms with Crippen LogP contribution in [0.1, 0.15) is 56.9 Å². The van der Waals surface area contributed by atoms with Crippen molar-refractivity contribution >= 4 is 28.4 Å². The first kappa shape index (κ1) is 18.1. The van der Waals surface area contributed by atoms with Gasteiger partial charge in [0.1, 0.15) is 5.82 Å². The van der Waals surface area contributed by atoms with E-state index in [2.05, 4.69) is 28.5 Å². The molecule has 1 aliphatic heterocycles. The standard InChI is InChI=1S/C22H30N4O/c1-16-14-21(26-12-6-3-7-13-26)25-20-11-10-18(15-19(16)20)24-22(27)23-17-8-4-2-5-9-17/h10-11,14-15,17H,2-9,12-13H2,1H3,(H2,23,24,27). The lowest BCUT2D eigenvalue weighted by molar-refractivity contribution is 0.244. The summed E-state index contributed by atoms with van der Waals surface area (Å²) < 4.78 is 0. The molecule has 144 valence electrons. The zero-order valence-electron chi connectivity index (χ0n) is 16.3. The van der Waals surface area contributed by atoms with Crippen molar-refractivity contribution in [2.24, 2.45) is 0 Å². The summed E-state index contributed by atoms with van der Waals surface area (Å²) in [6, 6.07) is 8.41. The van der Waals surface area contributed by atoms with Crippen molar-refractivity contribution in [1.82, 2.24) is 10.3 Å². The van der Waals surface area contributed by atoms with E-state index in [0.29, 0.717) is 6.04 Å². The molecular formula is C22H30N4O. The normalized spacial score (nSPS) is 18.5. The molecule has 0 bridgehead atoms. The number of carbonyl (C=O) groups excluding carboxylic acids is 1. The Bertz CT molecular complexity index is 807. The molecule has 5 nitrogen and oxygen atoms in total. The number of hydrogen-bond donors (Lipinski definition) is 2. The third kappa shape index (κ3) is 4.34. The Labute approximate surface area is 161 Å². The van der Waals surface area contributed by atoms with E-state index in [1.807, 2.05) is 18.2 Å². The highest BCUT2D eigenvalue weighted by atomic mass is 16.2. The number of benzene rings is 1. The van der Waals surface area contributed by atoms with Gasteiger partial charge in [0.2, 0.25) is 0 Å². The molecule has 0 radical (unpaired) electrons. The fourth-order valence-electron chi connectivity index (χ4n) is 4.34. The van der Waals surface area contributed by atoms with Crippen molar-refractivity contribution in [1.29, 1.82) is 0 Å². The number of nitrogens with one attached hydrogen (secondary N) is 2. The Morgan fingerprint density at radius 1 is 1.04 bits per heavy atom. The number of aromatic nitrogens is 1. The molecule has 2 amide bonds. The first-order valence-corrected chi connectivity index (χ1v) is 10.4. The number of anilines is 2. The van der Waals surface area contributed by atoms with Crippen molar-refractivity contribution in [3.05, 3.63) is 29.8 Å². The number of urea groups is 1. The Kier molecular flexibility index (Phi) is 5.46. The summed E-state index contributed by atoms with van der Waals surface area (Å²) in [6.07, 6.45) is 9.71. The van der Waals surface area contributed by atoms with Crippen LogP contribution in [-0.4, -0.2) is 30.1 Å². The maximum atomic E-state index is 12.3. The smallest absolute Gasteiger partial charge is 0.319 e. The van der Waals surface area contributed by atoms with Crippen molar-refractivity contribution in [3.63, 3.8) is 0 Å². The summed E-state index contributed by atoms with van der Waals surface area (Å²) in [5.41, 5.74) is 3.03. The fourth-order valence-corrected chi connectivity index (χ4v) is 4.34. The van der Waals surface area contributed by atoms with Crippen LogP contribution < -0.4 is 15.5 Å². The van der Waals surface area contributed by atoms with E-state index in [4.69, 9.17) is 4.98 Å². The number of hydrogen-bond acceptors (Lipinski definition) is 3. The summed E-state index contributed by atoms with van der Waals surface area (Å²) in [6.45, 7) is 4.32. The van der Waals surface area contributed by atoms with Crippen molar-refractivity contribution < 1.29 is 4.79 Å². The van der Waals surface area contributed by atoms with Crippen LogP contribution in [0.2, 0.25) is 0 Å². The second-order valence-corrected chi connectivity index (χ2v) is 8.01. The van der Waals surface area contributed by atoms with Crippen LogP contribution in [0.3, 0.4) is 0 Å². The van der Waals surface area contributed by atoms with Gasteiger partial charge in [0.25, 0.3) is 0 Å². The summed E-state index contributed by atoms with van der Waals surface area (Å²) in [7, 11) is 0. The predicted molar refractivity (Wildman–Crippen MR) is 112 cm³/mol. The van der Waals surface area contributed by atoms with Gasteiger partial charge in [-0.1, -0.05) is 19.3 Å². The molecule has 2 fully saturated rings. The second kappa shape index (κ2) is 8.15. The SMILES string of the molecule is Cc1cc(N2CCCCC2)nc2ccc(NC(=O)NC3CCCCC3)cc12. The number of amides is 2. The van der Waals surface area contributed by atoms with Crippen molar-refractivity contribution in [3.8, 4) is 0 Å². The molecule has 1 saturated heterocycles. The van der Waals surface area contributed by atoms with Crippen LogP contribution in [0, 0.1) is 6.92 Å². The zero-order valence-corrected chi connectivity index (χ0v) is 16.3. The van der Waals surface area contributed by atoms with Crippen LogP contribution in [-0.2, 0) is 0 Å². The van der Waals surface area contributed by atoms with Crippen LogP contribution >= 0.6 is 0 Å². The Hall–Kier alpha value is -2.30. The molecule has 1 aromatic carbocycles. The summed E-state index contributed by atoms with van der Waals surface area (Å²) >= 11 is 0. The van der Waals surface area contributed by atoms with E-state index < -0.39 is 0 Å². The number of nitrogens with zero attached hydrogens (tertiary/aromatic N) is 2. The van der Waals surface area contributed by atoms with Gasteiger partial charge < -0.3 is 15.5 Å². The highest BCUT2D eigenvalue weighted by Gasteiger charge is 2.16. The summed E-state index contributed by atoms with van der Waals surface area (Å²) in [5.74, 6) is 1.08. The fraction of sp³-hybridized carbons (Fsp3) is 0.545. The second-order valence-electron chi connectivity index (χ2n) is 8.01. The van der Waals surface area contributed by atoms with Gasteiger partial charge in [0.05, 0.1) is 5.52 Å². The lowest BCUT2D eigenvalue weighted by Gasteiger charge is -2.28. The number of piperidine rings is 1. The average Bonchev–Trinajstić information content (AvgIpc) is 2.69. The van der Waals surface area contributed by atoms with Crippen LogP contribution in [0.25, 0.3) is 10.9 Å². The van der Waals surface area contributed by atoms with Crippen molar-refractivity contribution in [2.75, 3.05) is 23.3 Å². The van der Waals surface area contributed by atoms with Gasteiger partial charge in [-0.2, -0.15) is 0 Å². The van der Waals surface area contributed by atoms with E-state index >= 15 is 0 Å². The molecule has 1 aliphatic carbocycles. The molecule has 27 heavy (non-hydrogen) atoms. The molecule has 2 aromatic rings. The highest BCUT2D eigenvalue weighted by molar-refractivity contribution is 5.94. The molecule has 4 rings (SSSR count). The highest BCUT2D eigenvalue weighted by Crippen LogP contribution is 2.27. The molecule has 0 spiro atoms. The third-order valence-corrected chi connectivity index (χ3v) is 5.88. The summed E-state index contributed by atoms with van der Waals surface area (Å²) in [4.78, 5) is 19.6. The van der Waals surface area contributed by atoms with Crippen LogP contribution in [0.4, 0.5) is 16.3 Å². The first-order valence-electron chi connectivity index (χ1n) is 10.4. The lowest BCUT2D eigenvalue weighted by atomic mass is 9.96. The van der Waals surface area contributed by atoms with Crippen LogP contribution in [0.15, 0.2) is 24.3 Å². The minimum absolute atomic E-state index is 0.100. The quantitative estimate of drug-likeness (QED) is 0.805. The molecular weight excluding hydrogens is 336 g/mol. The Balaban J connectivity index is 1.48. The molecule has 0 unspecified atom stereocenters. The van der Waals surface area contributed by atoms with Gasteiger partial charge in [-0.3, -0.25) is 0 Å². The van der Waals surface area contributed by atoms with E-state index in [9.17, 15) is 4.79 Å². The Morgan fingerprint density at radius 2 is 1.78 bits per heavy atom. The molecule has 2 heterocycles. The van der Waals surface area contributed by atoms with Gasteiger partial charge in [-0.15, -0.1) is 0 Å². The minimum Gasteiger partial charge on any atom is -0.357 e. The van der Waals surface area contributed by atoms with Crippen LogP contribution in [0.5, 0.6) is 0 Å². The van der Waals surface area contributed by atoms with E-state index in [1.165, 1.54) is 44.1 Å². The molecule has 2 aliphatic rings. The van der Waals surface area contributed by atoms with E-state index in [-0.39, 0.29) is 6.03 Å². The topological polar surface area (TPSA) is 57.3 Å². The molecule has 5 heteroatoms. The number of carbonyl (C=O) groups is 1. The average molecular weight is 367 g/mol. The first-order chi connectivity index (χ1) is 13.2. The molecule has 0 atom stereocenters. The molecule has 1 saturated carbocycles. The Morgan fingerprint density at radius 3 is 2.56 bits per heavy atom. The maximum absolute atomic E-state index is 12.3. The van der Waals surface area contributed by atoms with E-state index in [1.54, 1.807) is 0 Å². The number of fused-ring (bicyclic) bond motifs is 1. The van der Waals surface area contributed by atoms with E-state index in [0.717, 1.165) is 48.3 Å². The molecule has 2 N–H and O–H groups in total. The lowest BCUT2D eigenvalue weighted by Crippen LogP contribution is -2.39. The predicted octanol–water partition coefficient (Wildman–Crippen LogP) is 4.99. The van der Waals surface area contributed by atoms with Gasteiger partial charge in [-0.25, -0.2) is 9.78 Å². The van der Waals surface area contributed by atoms with Gasteiger partial charge in [-0.05, 0) is 68.9 Å². The third-order valence-electron chi connectivity index (χ3n) is 5.88. The number of aryl methyl sites for hydroxylation is 1.